The molecular weight excluding hydrogens is 486 g/mol. The molecule has 0 spiro atoms. The molecule has 1 saturated heterocycles. The lowest BCUT2D eigenvalue weighted by molar-refractivity contribution is 0.0746. The van der Waals surface area contributed by atoms with Crippen LogP contribution in [0.5, 0.6) is 0 Å². The van der Waals surface area contributed by atoms with E-state index in [1.54, 1.807) is 35.6 Å². The van der Waals surface area contributed by atoms with Crippen molar-refractivity contribution in [1.29, 1.82) is 0 Å². The predicted octanol–water partition coefficient (Wildman–Crippen LogP) is 4.80. The highest BCUT2D eigenvalue weighted by molar-refractivity contribution is 6.33. The molecule has 0 unspecified atom stereocenters. The maximum Gasteiger partial charge on any atom is 0.255 e. The van der Waals surface area contributed by atoms with Crippen LogP contribution < -0.4 is 4.90 Å². The van der Waals surface area contributed by atoms with Crippen LogP contribution in [0.1, 0.15) is 16.1 Å². The number of nitrogens with zero attached hydrogens (tertiary/aromatic N) is 6. The highest BCUT2D eigenvalue weighted by Crippen LogP contribution is 2.35. The van der Waals surface area contributed by atoms with Crippen LogP contribution in [0.3, 0.4) is 0 Å². The van der Waals surface area contributed by atoms with Gasteiger partial charge in [0.25, 0.3) is 5.91 Å². The molecule has 0 aliphatic carbocycles. The lowest BCUT2D eigenvalue weighted by Gasteiger charge is -2.35. The van der Waals surface area contributed by atoms with Crippen LogP contribution in [0.2, 0.25) is 5.02 Å². The van der Waals surface area contributed by atoms with Gasteiger partial charge in [-0.25, -0.2) is 18.7 Å². The summed E-state index contributed by atoms with van der Waals surface area (Å²) in [7, 11) is 0. The fourth-order valence-electron chi connectivity index (χ4n) is 4.08. The molecule has 0 atom stereocenters. The molecule has 10 heteroatoms. The number of hydrogen-bond acceptors (Lipinski definition) is 6. The van der Waals surface area contributed by atoms with E-state index in [1.165, 1.54) is 18.3 Å². The Labute approximate surface area is 211 Å². The van der Waals surface area contributed by atoms with Gasteiger partial charge in [-0.3, -0.25) is 14.8 Å². The monoisotopic (exact) mass is 506 g/mol. The average Bonchev–Trinajstić information content (AvgIpc) is 2.89. The molecule has 1 fully saturated rings. The Morgan fingerprint density at radius 1 is 0.917 bits per heavy atom. The fourth-order valence-corrected chi connectivity index (χ4v) is 4.29. The molecular formula is C26H21ClF2N6O. The molecule has 1 amide bonds. The smallest absolute Gasteiger partial charge is 0.255 e. The number of aryl methyl sites for hydroxylation is 1. The van der Waals surface area contributed by atoms with Crippen LogP contribution in [-0.2, 0) is 0 Å². The van der Waals surface area contributed by atoms with E-state index in [2.05, 4.69) is 15.0 Å². The van der Waals surface area contributed by atoms with Gasteiger partial charge in [-0.1, -0.05) is 11.6 Å². The zero-order valence-electron chi connectivity index (χ0n) is 19.3. The number of pyridine rings is 2. The normalized spacial score (nSPS) is 13.7. The molecule has 0 saturated carbocycles. The minimum absolute atomic E-state index is 0.0698. The third-order valence-electron chi connectivity index (χ3n) is 6.02. The lowest BCUT2D eigenvalue weighted by Crippen LogP contribution is -2.49. The van der Waals surface area contributed by atoms with Crippen LogP contribution in [0.25, 0.3) is 22.5 Å². The van der Waals surface area contributed by atoms with E-state index >= 15 is 0 Å². The summed E-state index contributed by atoms with van der Waals surface area (Å²) < 4.78 is 28.2. The Morgan fingerprint density at radius 2 is 1.72 bits per heavy atom. The van der Waals surface area contributed by atoms with Crippen molar-refractivity contribution in [3.63, 3.8) is 0 Å². The summed E-state index contributed by atoms with van der Waals surface area (Å²) in [5.74, 6) is -0.938. The summed E-state index contributed by atoms with van der Waals surface area (Å²) in [5, 5.41) is 0.329. The van der Waals surface area contributed by atoms with Gasteiger partial charge in [0.15, 0.2) is 0 Å². The first-order chi connectivity index (χ1) is 17.4. The van der Waals surface area contributed by atoms with Crippen molar-refractivity contribution < 1.29 is 13.6 Å². The molecule has 182 valence electrons. The quantitative estimate of drug-likeness (QED) is 0.396. The average molecular weight is 507 g/mol. The number of rotatable bonds is 4. The number of benzene rings is 1. The molecule has 1 aliphatic rings. The molecule has 5 rings (SSSR count). The van der Waals surface area contributed by atoms with Crippen LogP contribution in [0.15, 0.2) is 61.2 Å². The molecule has 0 N–H and O–H groups in total. The summed E-state index contributed by atoms with van der Waals surface area (Å²) in [5.41, 5.74) is 2.64. The van der Waals surface area contributed by atoms with Crippen molar-refractivity contribution in [2.45, 2.75) is 6.92 Å². The van der Waals surface area contributed by atoms with Gasteiger partial charge < -0.3 is 9.80 Å². The van der Waals surface area contributed by atoms with Crippen molar-refractivity contribution in [3.8, 4) is 22.5 Å². The SMILES string of the molecule is Cc1ccc(C(=O)N2CCN(c3cnc(-c4ccc(F)cc4F)c(-c4ccncc4Cl)n3)CC2)cn1. The minimum Gasteiger partial charge on any atom is -0.352 e. The molecule has 3 aromatic heterocycles. The van der Waals surface area contributed by atoms with Crippen molar-refractivity contribution in [2.75, 3.05) is 31.1 Å². The van der Waals surface area contributed by atoms with E-state index in [1.807, 2.05) is 17.9 Å². The second-order valence-corrected chi connectivity index (χ2v) is 8.78. The van der Waals surface area contributed by atoms with Gasteiger partial charge in [-0.15, -0.1) is 0 Å². The third-order valence-corrected chi connectivity index (χ3v) is 6.32. The van der Waals surface area contributed by atoms with Gasteiger partial charge in [0.05, 0.1) is 22.5 Å². The van der Waals surface area contributed by atoms with Gasteiger partial charge in [-0.05, 0) is 37.3 Å². The van der Waals surface area contributed by atoms with Gasteiger partial charge >= 0.3 is 0 Å². The second-order valence-electron chi connectivity index (χ2n) is 8.37. The minimum atomic E-state index is -0.749. The van der Waals surface area contributed by atoms with E-state index in [4.69, 9.17) is 16.6 Å². The van der Waals surface area contributed by atoms with Gasteiger partial charge in [0, 0.05) is 67.7 Å². The van der Waals surface area contributed by atoms with E-state index < -0.39 is 11.6 Å². The zero-order valence-corrected chi connectivity index (χ0v) is 20.1. The van der Waals surface area contributed by atoms with Crippen LogP contribution >= 0.6 is 11.6 Å². The topological polar surface area (TPSA) is 75.1 Å². The number of carbonyl (C=O) groups excluding carboxylic acids is 1. The van der Waals surface area contributed by atoms with E-state index in [0.717, 1.165) is 11.8 Å². The summed E-state index contributed by atoms with van der Waals surface area (Å²) in [4.78, 5) is 34.1. The summed E-state index contributed by atoms with van der Waals surface area (Å²) in [6, 6.07) is 8.58. The number of aromatic nitrogens is 4. The second kappa shape index (κ2) is 9.94. The number of amides is 1. The number of halogens is 3. The van der Waals surface area contributed by atoms with Gasteiger partial charge in [-0.2, -0.15) is 0 Å². The third kappa shape index (κ3) is 4.74. The Kier molecular flexibility index (Phi) is 6.56. The van der Waals surface area contributed by atoms with E-state index in [0.29, 0.717) is 53.8 Å². The number of hydrogen-bond donors (Lipinski definition) is 0. The summed E-state index contributed by atoms with van der Waals surface area (Å²) in [6.45, 7) is 3.93. The van der Waals surface area contributed by atoms with Crippen LogP contribution in [0, 0.1) is 18.6 Å². The van der Waals surface area contributed by atoms with E-state index in [9.17, 15) is 13.6 Å². The summed E-state index contributed by atoms with van der Waals surface area (Å²) in [6.07, 6.45) is 6.18. The largest absolute Gasteiger partial charge is 0.352 e. The highest BCUT2D eigenvalue weighted by Gasteiger charge is 2.25. The maximum absolute atomic E-state index is 14.7. The van der Waals surface area contributed by atoms with Crippen molar-refractivity contribution in [1.82, 2.24) is 24.8 Å². The Morgan fingerprint density at radius 3 is 2.42 bits per heavy atom. The molecule has 4 aromatic rings. The molecule has 1 aliphatic heterocycles. The Balaban J connectivity index is 1.44. The van der Waals surface area contributed by atoms with E-state index in [-0.39, 0.29) is 17.2 Å². The Hall–Kier alpha value is -3.98. The fraction of sp³-hybridized carbons (Fsp3) is 0.192. The molecule has 36 heavy (non-hydrogen) atoms. The molecule has 7 nitrogen and oxygen atoms in total. The number of piperazine rings is 1. The van der Waals surface area contributed by atoms with Gasteiger partial charge in [0.2, 0.25) is 0 Å². The number of carbonyl (C=O) groups is 1. The molecule has 1 aromatic carbocycles. The summed E-state index contributed by atoms with van der Waals surface area (Å²) >= 11 is 6.40. The number of anilines is 1. The van der Waals surface area contributed by atoms with Crippen molar-refractivity contribution in [2.24, 2.45) is 0 Å². The zero-order chi connectivity index (χ0) is 25.2. The first-order valence-electron chi connectivity index (χ1n) is 11.3. The van der Waals surface area contributed by atoms with Crippen LogP contribution in [-0.4, -0.2) is 56.9 Å². The first-order valence-corrected chi connectivity index (χ1v) is 11.7. The standard InChI is InChI=1S/C26H21ClF2N6O/c1-16-2-3-17(13-31-16)26(36)35-10-8-34(9-11-35)23-15-32-24(20-5-4-18(28)12-22(20)29)25(33-23)19-6-7-30-14-21(19)27/h2-7,12-15H,8-11H2,1H3. The van der Waals surface area contributed by atoms with Gasteiger partial charge in [0.1, 0.15) is 23.1 Å². The lowest BCUT2D eigenvalue weighted by atomic mass is 10.0. The first kappa shape index (κ1) is 23.7. The predicted molar refractivity (Wildman–Crippen MR) is 133 cm³/mol. The van der Waals surface area contributed by atoms with Crippen molar-refractivity contribution in [3.05, 3.63) is 89.1 Å². The Bertz CT molecular complexity index is 1420. The molecule has 0 radical (unpaired) electrons. The molecule has 0 bridgehead atoms. The van der Waals surface area contributed by atoms with Crippen LogP contribution in [0.4, 0.5) is 14.6 Å². The molecule has 4 heterocycles. The van der Waals surface area contributed by atoms with Crippen molar-refractivity contribution >= 4 is 23.3 Å². The highest BCUT2D eigenvalue weighted by atomic mass is 35.5. The maximum atomic E-state index is 14.7.